The molecule has 0 N–H and O–H groups in total. The van der Waals surface area contributed by atoms with Gasteiger partial charge in [0.05, 0.1) is 54.0 Å². The Balaban J connectivity index is 1.58. The molecule has 0 spiro atoms. The number of furan rings is 1. The maximum atomic E-state index is 13.3. The number of hydrogen-bond donors (Lipinski definition) is 0. The summed E-state index contributed by atoms with van der Waals surface area (Å²) in [6, 6.07) is 13.0. The Morgan fingerprint density at radius 3 is 2.29 bits per heavy atom. The summed E-state index contributed by atoms with van der Waals surface area (Å²) >= 11 is 0. The Bertz CT molecular complexity index is 1280. The predicted octanol–water partition coefficient (Wildman–Crippen LogP) is 4.01. The number of nitrogens with zero attached hydrogens (tertiary/aromatic N) is 2. The highest BCUT2D eigenvalue weighted by atomic mass is 16.5. The van der Waals surface area contributed by atoms with Gasteiger partial charge in [0.1, 0.15) is 11.8 Å². The van der Waals surface area contributed by atoms with E-state index < -0.39 is 6.04 Å². The van der Waals surface area contributed by atoms with E-state index in [1.165, 1.54) is 12.7 Å². The first kappa shape index (κ1) is 25.9. The fraction of sp³-hybridized carbons (Fsp3) is 0.414. The molecule has 0 aliphatic carbocycles. The summed E-state index contributed by atoms with van der Waals surface area (Å²) in [5.41, 5.74) is 3.35. The number of benzene rings is 2. The van der Waals surface area contributed by atoms with Gasteiger partial charge in [0.15, 0.2) is 23.0 Å². The lowest BCUT2D eigenvalue weighted by Gasteiger charge is -2.37. The van der Waals surface area contributed by atoms with Gasteiger partial charge in [-0.3, -0.25) is 14.6 Å². The Morgan fingerprint density at radius 1 is 0.921 bits per heavy atom. The lowest BCUT2D eigenvalue weighted by molar-refractivity contribution is -0.147. The molecule has 3 heterocycles. The van der Waals surface area contributed by atoms with Gasteiger partial charge in [-0.2, -0.15) is 0 Å². The molecule has 9 nitrogen and oxygen atoms in total. The summed E-state index contributed by atoms with van der Waals surface area (Å²) in [7, 11) is 7.98. The van der Waals surface area contributed by atoms with Crippen LogP contribution in [-0.4, -0.2) is 70.4 Å². The first-order valence-electron chi connectivity index (χ1n) is 12.6. The smallest absolute Gasteiger partial charge is 0.325 e. The zero-order valence-electron chi connectivity index (χ0n) is 22.4. The highest BCUT2D eigenvalue weighted by Crippen LogP contribution is 2.50. The first-order chi connectivity index (χ1) is 18.5. The summed E-state index contributed by atoms with van der Waals surface area (Å²) in [4.78, 5) is 17.8. The summed E-state index contributed by atoms with van der Waals surface area (Å²) in [6.45, 7) is 1.35. The van der Waals surface area contributed by atoms with Crippen molar-refractivity contribution in [2.24, 2.45) is 0 Å². The molecule has 1 saturated heterocycles. The third-order valence-electron chi connectivity index (χ3n) is 7.59. The van der Waals surface area contributed by atoms with Gasteiger partial charge in [-0.05, 0) is 65.9 Å². The van der Waals surface area contributed by atoms with E-state index in [1.54, 1.807) is 34.7 Å². The van der Waals surface area contributed by atoms with Crippen LogP contribution in [0.1, 0.15) is 34.7 Å². The molecule has 202 valence electrons. The average Bonchev–Trinajstić information content (AvgIpc) is 3.60. The third-order valence-corrected chi connectivity index (χ3v) is 7.59. The quantitative estimate of drug-likeness (QED) is 0.387. The monoisotopic (exact) mass is 522 g/mol. The maximum absolute atomic E-state index is 13.3. The molecule has 2 aliphatic rings. The molecule has 1 fully saturated rings. The molecule has 0 amide bonds. The van der Waals surface area contributed by atoms with Crippen LogP contribution >= 0.6 is 0 Å². The van der Waals surface area contributed by atoms with E-state index in [1.807, 2.05) is 42.5 Å². The van der Waals surface area contributed by atoms with Crippen molar-refractivity contribution in [3.63, 3.8) is 0 Å². The molecule has 0 unspecified atom stereocenters. The number of methoxy groups -OCH3 is 5. The largest absolute Gasteiger partial charge is 0.493 e. The van der Waals surface area contributed by atoms with Crippen LogP contribution in [0.2, 0.25) is 0 Å². The van der Waals surface area contributed by atoms with Crippen molar-refractivity contribution in [1.82, 2.24) is 9.80 Å². The average molecular weight is 523 g/mol. The van der Waals surface area contributed by atoms with E-state index in [2.05, 4.69) is 9.80 Å². The number of rotatable bonds is 9. The highest BCUT2D eigenvalue weighted by Gasteiger charge is 2.54. The van der Waals surface area contributed by atoms with Crippen molar-refractivity contribution in [1.29, 1.82) is 0 Å². The summed E-state index contributed by atoms with van der Waals surface area (Å²) in [5.74, 6) is 3.16. The molecule has 9 heteroatoms. The standard InChI is InChI=1S/C29H34N2O7/c1-33-21-9-8-18(15-23(21)34-2)10-12-30-26(22-7-6-14-38-22)27(29(32)37-5)31-13-11-19-16-24(35-3)25(36-4)17-20(19)28(30)31/h6-9,14-17,26-28H,10-13H2,1-5H3/t26-,27+,28-/m1/s1. The van der Waals surface area contributed by atoms with Gasteiger partial charge in [-0.25, -0.2) is 0 Å². The number of fused-ring (bicyclic) bond motifs is 3. The van der Waals surface area contributed by atoms with Crippen LogP contribution in [0.5, 0.6) is 23.0 Å². The number of esters is 1. The van der Waals surface area contributed by atoms with E-state index in [-0.39, 0.29) is 18.2 Å². The zero-order valence-corrected chi connectivity index (χ0v) is 22.4. The molecule has 3 aromatic rings. The second-order valence-corrected chi connectivity index (χ2v) is 9.37. The Morgan fingerprint density at radius 2 is 1.63 bits per heavy atom. The lowest BCUT2D eigenvalue weighted by Crippen LogP contribution is -2.43. The molecule has 1 aromatic heterocycles. The SMILES string of the molecule is COC(=O)[C@@H]1[C@@H](c2ccco2)N(CCc2ccc(OC)c(OC)c2)[C@H]2c3cc(OC)c(OC)cc3CCN21. The maximum Gasteiger partial charge on any atom is 0.325 e. The number of carbonyl (C=O) groups is 1. The number of ether oxygens (including phenoxy) is 5. The van der Waals surface area contributed by atoms with Crippen LogP contribution in [0.25, 0.3) is 0 Å². The van der Waals surface area contributed by atoms with Crippen LogP contribution in [-0.2, 0) is 22.4 Å². The van der Waals surface area contributed by atoms with E-state index in [0.717, 1.165) is 29.7 Å². The normalized spacial score (nSPS) is 20.9. The van der Waals surface area contributed by atoms with Gasteiger partial charge >= 0.3 is 5.97 Å². The summed E-state index contributed by atoms with van der Waals surface area (Å²) < 4.78 is 33.4. The molecule has 3 atom stereocenters. The molecule has 0 saturated carbocycles. The van der Waals surface area contributed by atoms with E-state index in [9.17, 15) is 4.79 Å². The third kappa shape index (κ3) is 4.46. The fourth-order valence-electron chi connectivity index (χ4n) is 5.84. The molecule has 38 heavy (non-hydrogen) atoms. The predicted molar refractivity (Wildman–Crippen MR) is 140 cm³/mol. The molecule has 5 rings (SSSR count). The van der Waals surface area contributed by atoms with Crippen molar-refractivity contribution < 1.29 is 32.9 Å². The summed E-state index contributed by atoms with van der Waals surface area (Å²) in [6.07, 6.45) is 2.96. The lowest BCUT2D eigenvalue weighted by atomic mass is 9.95. The number of carbonyl (C=O) groups excluding carboxylic acids is 1. The van der Waals surface area contributed by atoms with Gasteiger partial charge in [0.2, 0.25) is 0 Å². The Labute approximate surface area is 222 Å². The minimum atomic E-state index is -0.525. The topological polar surface area (TPSA) is 82.8 Å². The first-order valence-corrected chi connectivity index (χ1v) is 12.6. The van der Waals surface area contributed by atoms with Crippen LogP contribution in [0.4, 0.5) is 0 Å². The molecule has 0 bridgehead atoms. The van der Waals surface area contributed by atoms with Gasteiger partial charge in [0, 0.05) is 13.1 Å². The molecular weight excluding hydrogens is 488 g/mol. The van der Waals surface area contributed by atoms with Crippen molar-refractivity contribution >= 4 is 5.97 Å². The van der Waals surface area contributed by atoms with Crippen LogP contribution < -0.4 is 18.9 Å². The van der Waals surface area contributed by atoms with Gasteiger partial charge in [-0.1, -0.05) is 6.07 Å². The number of hydrogen-bond acceptors (Lipinski definition) is 9. The van der Waals surface area contributed by atoms with Gasteiger partial charge in [0.25, 0.3) is 0 Å². The van der Waals surface area contributed by atoms with Gasteiger partial charge in [-0.15, -0.1) is 0 Å². The van der Waals surface area contributed by atoms with Gasteiger partial charge < -0.3 is 28.1 Å². The second kappa shape index (κ2) is 11.0. The molecule has 2 aliphatic heterocycles. The molecule has 2 aromatic carbocycles. The van der Waals surface area contributed by atoms with Crippen molar-refractivity contribution in [3.05, 3.63) is 71.2 Å². The Hall–Kier alpha value is -3.69. The van der Waals surface area contributed by atoms with Crippen molar-refractivity contribution in [3.8, 4) is 23.0 Å². The van der Waals surface area contributed by atoms with Crippen molar-refractivity contribution in [2.45, 2.75) is 31.1 Å². The zero-order chi connectivity index (χ0) is 26.8. The highest BCUT2D eigenvalue weighted by molar-refractivity contribution is 5.77. The van der Waals surface area contributed by atoms with Crippen molar-refractivity contribution in [2.75, 3.05) is 48.6 Å². The summed E-state index contributed by atoms with van der Waals surface area (Å²) in [5, 5.41) is 0. The van der Waals surface area contributed by atoms with Crippen LogP contribution in [0.3, 0.4) is 0 Å². The molecule has 0 radical (unpaired) electrons. The molecular formula is C29H34N2O7. The van der Waals surface area contributed by atoms with E-state index in [0.29, 0.717) is 36.1 Å². The van der Waals surface area contributed by atoms with Crippen LogP contribution in [0, 0.1) is 0 Å². The minimum absolute atomic E-state index is 0.182. The fourth-order valence-corrected chi connectivity index (χ4v) is 5.84. The van der Waals surface area contributed by atoms with E-state index in [4.69, 9.17) is 28.1 Å². The van der Waals surface area contributed by atoms with Crippen LogP contribution in [0.15, 0.2) is 53.1 Å². The minimum Gasteiger partial charge on any atom is -0.493 e. The van der Waals surface area contributed by atoms with E-state index >= 15 is 0 Å². The second-order valence-electron chi connectivity index (χ2n) is 9.37. The Kier molecular flexibility index (Phi) is 7.49.